The lowest BCUT2D eigenvalue weighted by atomic mass is 10.2. The van der Waals surface area contributed by atoms with E-state index in [2.05, 4.69) is 28.2 Å². The lowest BCUT2D eigenvalue weighted by Crippen LogP contribution is -2.27. The summed E-state index contributed by atoms with van der Waals surface area (Å²) in [6, 6.07) is 1.52. The molecule has 0 aliphatic carbocycles. The SMILES string of the molecule is CCN(CC)Cc1c(O)c(=O)cc(C)n1CCCN(C)C. The molecule has 0 atom stereocenters. The molecule has 1 rings (SSSR count). The molecule has 0 aliphatic heterocycles. The Morgan fingerprint density at radius 1 is 1.24 bits per heavy atom. The van der Waals surface area contributed by atoms with Gasteiger partial charge in [-0.05, 0) is 47.1 Å². The molecule has 5 heteroatoms. The van der Waals surface area contributed by atoms with Gasteiger partial charge >= 0.3 is 0 Å². The summed E-state index contributed by atoms with van der Waals surface area (Å²) < 4.78 is 2.08. The summed E-state index contributed by atoms with van der Waals surface area (Å²) in [7, 11) is 4.10. The fraction of sp³-hybridized carbons (Fsp3) is 0.688. The molecule has 0 amide bonds. The minimum atomic E-state index is -0.279. The highest BCUT2D eigenvalue weighted by Gasteiger charge is 2.15. The largest absolute Gasteiger partial charge is 0.503 e. The van der Waals surface area contributed by atoms with Crippen molar-refractivity contribution in [3.05, 3.63) is 27.7 Å². The van der Waals surface area contributed by atoms with E-state index >= 15 is 0 Å². The van der Waals surface area contributed by atoms with Gasteiger partial charge in [0, 0.05) is 24.8 Å². The lowest BCUT2D eigenvalue weighted by Gasteiger charge is -2.24. The van der Waals surface area contributed by atoms with Gasteiger partial charge in [0.05, 0.1) is 5.69 Å². The molecule has 0 radical (unpaired) electrons. The fourth-order valence-electron chi connectivity index (χ4n) is 2.49. The smallest absolute Gasteiger partial charge is 0.223 e. The Bertz CT molecular complexity index is 505. The molecule has 0 aromatic carbocycles. The van der Waals surface area contributed by atoms with Crippen molar-refractivity contribution in [2.24, 2.45) is 0 Å². The van der Waals surface area contributed by atoms with Crippen LogP contribution < -0.4 is 5.43 Å². The van der Waals surface area contributed by atoms with Crippen LogP contribution in [0.1, 0.15) is 31.7 Å². The van der Waals surface area contributed by atoms with Crippen molar-refractivity contribution in [3.8, 4) is 5.75 Å². The van der Waals surface area contributed by atoms with Gasteiger partial charge in [-0.3, -0.25) is 9.69 Å². The molecule has 0 aliphatic rings. The standard InChI is InChI=1S/C16H29N3O2/c1-6-18(7-2)12-14-16(21)15(20)11-13(3)19(14)10-8-9-17(4)5/h11,21H,6-10,12H2,1-5H3. The molecule has 1 N–H and O–H groups in total. The first-order valence-corrected chi connectivity index (χ1v) is 7.70. The van der Waals surface area contributed by atoms with Gasteiger partial charge in [-0.2, -0.15) is 0 Å². The molecule has 0 fully saturated rings. The Morgan fingerprint density at radius 3 is 2.38 bits per heavy atom. The molecule has 1 aromatic heterocycles. The zero-order valence-electron chi connectivity index (χ0n) is 14.0. The van der Waals surface area contributed by atoms with Gasteiger partial charge in [0.15, 0.2) is 5.75 Å². The second kappa shape index (κ2) is 8.20. The highest BCUT2D eigenvalue weighted by Crippen LogP contribution is 2.17. The normalized spacial score (nSPS) is 11.6. The minimum Gasteiger partial charge on any atom is -0.503 e. The van der Waals surface area contributed by atoms with Crippen LogP contribution in [-0.4, -0.2) is 53.2 Å². The van der Waals surface area contributed by atoms with E-state index in [1.54, 1.807) is 0 Å². The summed E-state index contributed by atoms with van der Waals surface area (Å²) in [5.41, 5.74) is 1.37. The molecule has 0 bridgehead atoms. The van der Waals surface area contributed by atoms with Crippen molar-refractivity contribution in [2.75, 3.05) is 33.7 Å². The Morgan fingerprint density at radius 2 is 1.86 bits per heavy atom. The maximum atomic E-state index is 11.9. The zero-order chi connectivity index (χ0) is 16.0. The Hall–Kier alpha value is -1.33. The molecular formula is C16H29N3O2. The third kappa shape index (κ3) is 4.86. The van der Waals surface area contributed by atoms with E-state index in [1.807, 2.05) is 21.0 Å². The van der Waals surface area contributed by atoms with Gasteiger partial charge in [0.1, 0.15) is 0 Å². The first-order valence-electron chi connectivity index (χ1n) is 7.70. The molecular weight excluding hydrogens is 266 g/mol. The highest BCUT2D eigenvalue weighted by atomic mass is 16.3. The minimum absolute atomic E-state index is 0.0997. The second-order valence-corrected chi connectivity index (χ2v) is 5.72. The Kier molecular flexibility index (Phi) is 6.92. The summed E-state index contributed by atoms with van der Waals surface area (Å²) >= 11 is 0. The number of aryl methyl sites for hydroxylation is 1. The number of nitrogens with zero attached hydrogens (tertiary/aromatic N) is 3. The van der Waals surface area contributed by atoms with Crippen molar-refractivity contribution in [3.63, 3.8) is 0 Å². The molecule has 21 heavy (non-hydrogen) atoms. The van der Waals surface area contributed by atoms with Crippen LogP contribution in [0.4, 0.5) is 0 Å². The van der Waals surface area contributed by atoms with Crippen LogP contribution in [0.15, 0.2) is 10.9 Å². The van der Waals surface area contributed by atoms with Crippen LogP contribution in [0, 0.1) is 6.92 Å². The maximum Gasteiger partial charge on any atom is 0.223 e. The summed E-state index contributed by atoms with van der Waals surface area (Å²) in [6.45, 7) is 10.3. The second-order valence-electron chi connectivity index (χ2n) is 5.72. The molecule has 0 saturated carbocycles. The number of hydrogen-bond donors (Lipinski definition) is 1. The van der Waals surface area contributed by atoms with Crippen molar-refractivity contribution < 1.29 is 5.11 Å². The molecule has 1 aromatic rings. The third-order valence-electron chi connectivity index (χ3n) is 3.85. The van der Waals surface area contributed by atoms with Crippen LogP contribution in [0.25, 0.3) is 0 Å². The van der Waals surface area contributed by atoms with E-state index < -0.39 is 0 Å². The van der Waals surface area contributed by atoms with Crippen LogP contribution in [0.2, 0.25) is 0 Å². The van der Waals surface area contributed by atoms with Gasteiger partial charge in [0.25, 0.3) is 0 Å². The number of hydrogen-bond acceptors (Lipinski definition) is 4. The number of rotatable bonds is 8. The van der Waals surface area contributed by atoms with E-state index in [-0.39, 0.29) is 11.2 Å². The Balaban J connectivity index is 3.08. The fourth-order valence-corrected chi connectivity index (χ4v) is 2.49. The topological polar surface area (TPSA) is 48.7 Å². The average molecular weight is 295 g/mol. The molecule has 0 saturated heterocycles. The molecule has 0 spiro atoms. The first-order chi connectivity index (χ1) is 9.90. The summed E-state index contributed by atoms with van der Waals surface area (Å²) in [5, 5.41) is 10.2. The first kappa shape index (κ1) is 17.7. The third-order valence-corrected chi connectivity index (χ3v) is 3.85. The van der Waals surface area contributed by atoms with E-state index in [9.17, 15) is 9.90 Å². The van der Waals surface area contributed by atoms with Gasteiger partial charge in [-0.25, -0.2) is 0 Å². The van der Waals surface area contributed by atoms with Crippen molar-refractivity contribution >= 4 is 0 Å². The molecule has 0 unspecified atom stereocenters. The molecule has 1 heterocycles. The van der Waals surface area contributed by atoms with Crippen molar-refractivity contribution in [2.45, 2.75) is 40.3 Å². The number of pyridine rings is 1. The van der Waals surface area contributed by atoms with Crippen molar-refractivity contribution in [1.29, 1.82) is 0 Å². The van der Waals surface area contributed by atoms with Crippen LogP contribution in [0.3, 0.4) is 0 Å². The molecule has 5 nitrogen and oxygen atoms in total. The Labute approximate surface area is 127 Å². The van der Waals surface area contributed by atoms with Crippen LogP contribution in [0.5, 0.6) is 5.75 Å². The van der Waals surface area contributed by atoms with E-state index in [4.69, 9.17) is 0 Å². The van der Waals surface area contributed by atoms with Gasteiger partial charge < -0.3 is 14.6 Å². The monoisotopic (exact) mass is 295 g/mol. The van der Waals surface area contributed by atoms with Gasteiger partial charge in [-0.15, -0.1) is 0 Å². The zero-order valence-corrected chi connectivity index (χ0v) is 14.0. The van der Waals surface area contributed by atoms with Gasteiger partial charge in [-0.1, -0.05) is 13.8 Å². The maximum absolute atomic E-state index is 11.9. The van der Waals surface area contributed by atoms with Crippen molar-refractivity contribution in [1.82, 2.24) is 14.4 Å². The predicted molar refractivity (Wildman–Crippen MR) is 86.9 cm³/mol. The number of aromatic hydroxyl groups is 1. The lowest BCUT2D eigenvalue weighted by molar-refractivity contribution is 0.277. The number of aromatic nitrogens is 1. The summed E-state index contributed by atoms with van der Waals surface area (Å²) in [6.07, 6.45) is 0.988. The van der Waals surface area contributed by atoms with E-state index in [0.29, 0.717) is 6.54 Å². The summed E-state index contributed by atoms with van der Waals surface area (Å²) in [4.78, 5) is 16.2. The average Bonchev–Trinajstić information content (AvgIpc) is 2.43. The van der Waals surface area contributed by atoms with E-state index in [0.717, 1.165) is 44.0 Å². The van der Waals surface area contributed by atoms with Gasteiger partial charge in [0.2, 0.25) is 5.43 Å². The van der Waals surface area contributed by atoms with E-state index in [1.165, 1.54) is 6.07 Å². The quantitative estimate of drug-likeness (QED) is 0.792. The van der Waals surface area contributed by atoms with Crippen LogP contribution in [-0.2, 0) is 13.1 Å². The van der Waals surface area contributed by atoms with Crippen LogP contribution >= 0.6 is 0 Å². The molecule has 120 valence electrons. The predicted octanol–water partition coefficient (Wildman–Crippen LogP) is 1.66. The highest BCUT2D eigenvalue weighted by molar-refractivity contribution is 5.29. The summed E-state index contributed by atoms with van der Waals surface area (Å²) in [5.74, 6) is -0.0997.